The summed E-state index contributed by atoms with van der Waals surface area (Å²) in [6, 6.07) is 12.9. The average Bonchev–Trinajstić information content (AvgIpc) is 3.00. The lowest BCUT2D eigenvalue weighted by Crippen LogP contribution is -2.48. The molecular formula is C21H22N2O5. The summed E-state index contributed by atoms with van der Waals surface area (Å²) in [6.07, 6.45) is 0.464. The molecule has 7 heteroatoms. The first-order valence-corrected chi connectivity index (χ1v) is 9.03. The van der Waals surface area contributed by atoms with E-state index in [-0.39, 0.29) is 0 Å². The van der Waals surface area contributed by atoms with Crippen molar-refractivity contribution in [3.63, 3.8) is 0 Å². The van der Waals surface area contributed by atoms with E-state index in [0.717, 1.165) is 10.5 Å². The maximum absolute atomic E-state index is 13.0. The van der Waals surface area contributed by atoms with E-state index in [1.165, 1.54) is 7.11 Å². The second kappa shape index (κ2) is 8.12. The molecule has 0 spiro atoms. The minimum absolute atomic E-state index is 0.464. The number of aliphatic carboxylic acids is 1. The van der Waals surface area contributed by atoms with Crippen molar-refractivity contribution < 1.29 is 24.2 Å². The second-order valence-corrected chi connectivity index (χ2v) is 6.57. The fraction of sp³-hybridized carbons (Fsp3) is 0.286. The average molecular weight is 382 g/mol. The van der Waals surface area contributed by atoms with E-state index >= 15 is 0 Å². The first kappa shape index (κ1) is 19.4. The van der Waals surface area contributed by atoms with Gasteiger partial charge in [0.1, 0.15) is 17.8 Å². The molecule has 3 unspecified atom stereocenters. The van der Waals surface area contributed by atoms with Gasteiger partial charge < -0.3 is 15.2 Å². The van der Waals surface area contributed by atoms with Gasteiger partial charge in [-0.1, -0.05) is 49.4 Å². The third-order valence-electron chi connectivity index (χ3n) is 5.00. The molecule has 2 N–H and O–H groups in total. The Balaban J connectivity index is 1.93. The Morgan fingerprint density at radius 3 is 2.32 bits per heavy atom. The van der Waals surface area contributed by atoms with E-state index in [4.69, 9.17) is 4.74 Å². The predicted octanol–water partition coefficient (Wildman–Crippen LogP) is 2.94. The van der Waals surface area contributed by atoms with Gasteiger partial charge in [0.05, 0.1) is 7.11 Å². The van der Waals surface area contributed by atoms with Crippen LogP contribution in [-0.4, -0.2) is 41.1 Å². The number of nitrogens with zero attached hydrogens (tertiary/aromatic N) is 1. The van der Waals surface area contributed by atoms with Crippen LogP contribution in [0.2, 0.25) is 0 Å². The normalized spacial score (nSPS) is 18.5. The molecule has 28 heavy (non-hydrogen) atoms. The van der Waals surface area contributed by atoms with Crippen LogP contribution in [0, 0.1) is 0 Å². The number of amides is 3. The van der Waals surface area contributed by atoms with Gasteiger partial charge in [0.25, 0.3) is 5.91 Å². The number of carboxylic acids is 1. The summed E-state index contributed by atoms with van der Waals surface area (Å²) in [7, 11) is 1.53. The van der Waals surface area contributed by atoms with Crippen LogP contribution in [0.4, 0.5) is 4.79 Å². The molecule has 0 aromatic heterocycles. The van der Waals surface area contributed by atoms with Gasteiger partial charge in [-0.2, -0.15) is 0 Å². The molecule has 1 aliphatic heterocycles. The lowest BCUT2D eigenvalue weighted by atomic mass is 9.88. The van der Waals surface area contributed by atoms with Crippen molar-refractivity contribution in [3.05, 3.63) is 65.7 Å². The van der Waals surface area contributed by atoms with Crippen LogP contribution in [0.1, 0.15) is 36.4 Å². The van der Waals surface area contributed by atoms with Crippen LogP contribution in [-0.2, 0) is 9.59 Å². The van der Waals surface area contributed by atoms with Crippen molar-refractivity contribution in [2.45, 2.75) is 31.3 Å². The number of imide groups is 1. The Morgan fingerprint density at radius 2 is 1.79 bits per heavy atom. The quantitative estimate of drug-likeness (QED) is 0.718. The van der Waals surface area contributed by atoms with Gasteiger partial charge in [0.2, 0.25) is 0 Å². The molecule has 0 saturated carbocycles. The number of nitrogens with one attached hydrogen (secondary N) is 1. The largest absolute Gasteiger partial charge is 0.497 e. The highest BCUT2D eigenvalue weighted by Gasteiger charge is 2.48. The lowest BCUT2D eigenvalue weighted by Gasteiger charge is -2.29. The number of benzene rings is 2. The number of carbonyl (C=O) groups is 3. The highest BCUT2D eigenvalue weighted by atomic mass is 16.5. The maximum Gasteiger partial charge on any atom is 0.327 e. The molecule has 3 atom stereocenters. The highest BCUT2D eigenvalue weighted by molar-refractivity contribution is 6.07. The van der Waals surface area contributed by atoms with E-state index in [2.05, 4.69) is 5.32 Å². The number of urea groups is 1. The molecule has 7 nitrogen and oxygen atoms in total. The van der Waals surface area contributed by atoms with Crippen molar-refractivity contribution in [2.75, 3.05) is 7.11 Å². The van der Waals surface area contributed by atoms with Crippen LogP contribution in [0.15, 0.2) is 54.6 Å². The van der Waals surface area contributed by atoms with Crippen molar-refractivity contribution in [1.82, 2.24) is 10.2 Å². The third-order valence-corrected chi connectivity index (χ3v) is 5.00. The summed E-state index contributed by atoms with van der Waals surface area (Å²) >= 11 is 0. The van der Waals surface area contributed by atoms with E-state index in [0.29, 0.717) is 17.7 Å². The molecule has 1 heterocycles. The number of carbonyl (C=O) groups excluding carboxylic acids is 2. The van der Waals surface area contributed by atoms with E-state index in [9.17, 15) is 19.5 Å². The summed E-state index contributed by atoms with van der Waals surface area (Å²) in [5.41, 5.74) is 1.34. The Morgan fingerprint density at radius 1 is 1.14 bits per heavy atom. The lowest BCUT2D eigenvalue weighted by molar-refractivity contribution is -0.147. The number of hydrogen-bond acceptors (Lipinski definition) is 4. The van der Waals surface area contributed by atoms with Crippen LogP contribution >= 0.6 is 0 Å². The Labute approximate surface area is 162 Å². The van der Waals surface area contributed by atoms with Crippen LogP contribution < -0.4 is 10.1 Å². The Bertz CT molecular complexity index is 866. The van der Waals surface area contributed by atoms with Gasteiger partial charge in [0, 0.05) is 5.92 Å². The van der Waals surface area contributed by atoms with E-state index < -0.39 is 35.9 Å². The second-order valence-electron chi connectivity index (χ2n) is 6.57. The number of hydrogen-bond donors (Lipinski definition) is 2. The number of rotatable bonds is 7. The molecular weight excluding hydrogens is 360 g/mol. The van der Waals surface area contributed by atoms with Gasteiger partial charge in [0.15, 0.2) is 0 Å². The maximum atomic E-state index is 13.0. The van der Waals surface area contributed by atoms with E-state index in [1.807, 2.05) is 37.3 Å². The van der Waals surface area contributed by atoms with E-state index in [1.54, 1.807) is 24.3 Å². The molecule has 0 radical (unpaired) electrons. The molecule has 2 aromatic rings. The van der Waals surface area contributed by atoms with Gasteiger partial charge in [-0.25, -0.2) is 14.5 Å². The summed E-state index contributed by atoms with van der Waals surface area (Å²) in [6.45, 7) is 1.84. The molecule has 1 saturated heterocycles. The first-order chi connectivity index (χ1) is 13.5. The molecule has 1 aliphatic rings. The zero-order chi connectivity index (χ0) is 20.3. The smallest absolute Gasteiger partial charge is 0.327 e. The summed E-state index contributed by atoms with van der Waals surface area (Å²) in [4.78, 5) is 38.5. The Kier molecular flexibility index (Phi) is 5.63. The van der Waals surface area contributed by atoms with Crippen LogP contribution in [0.3, 0.4) is 0 Å². The minimum atomic E-state index is -1.29. The fourth-order valence-electron chi connectivity index (χ4n) is 3.58. The number of carboxylic acid groups (broad SMARTS) is 1. The van der Waals surface area contributed by atoms with Crippen LogP contribution in [0.25, 0.3) is 0 Å². The summed E-state index contributed by atoms with van der Waals surface area (Å²) in [5.74, 6) is -1.68. The van der Waals surface area contributed by atoms with Gasteiger partial charge in [-0.15, -0.1) is 0 Å². The number of methoxy groups -OCH3 is 1. The molecule has 1 fully saturated rings. The molecule has 3 rings (SSSR count). The van der Waals surface area contributed by atoms with Crippen molar-refractivity contribution >= 4 is 17.9 Å². The Hall–Kier alpha value is -3.35. The molecule has 3 amide bonds. The monoisotopic (exact) mass is 382 g/mol. The third kappa shape index (κ3) is 3.55. The molecule has 146 valence electrons. The zero-order valence-corrected chi connectivity index (χ0v) is 15.7. The van der Waals surface area contributed by atoms with Gasteiger partial charge >= 0.3 is 12.0 Å². The zero-order valence-electron chi connectivity index (χ0n) is 15.7. The SMILES string of the molecule is CCC(c1ccccc1)C(C(=O)O)N1C(=O)NC(c2ccc(OC)cc2)C1=O. The highest BCUT2D eigenvalue weighted by Crippen LogP contribution is 2.32. The van der Waals surface area contributed by atoms with Crippen molar-refractivity contribution in [2.24, 2.45) is 0 Å². The number of ether oxygens (including phenoxy) is 1. The summed E-state index contributed by atoms with van der Waals surface area (Å²) < 4.78 is 5.11. The van der Waals surface area contributed by atoms with Crippen molar-refractivity contribution in [1.29, 1.82) is 0 Å². The van der Waals surface area contributed by atoms with Gasteiger partial charge in [-0.05, 0) is 29.7 Å². The fourth-order valence-corrected chi connectivity index (χ4v) is 3.58. The standard InChI is InChI=1S/C21H22N2O5/c1-3-16(13-7-5-4-6-8-13)18(20(25)26)23-19(24)17(22-21(23)27)14-9-11-15(28-2)12-10-14/h4-12,16-18H,3H2,1-2H3,(H,22,27)(H,25,26). The molecule has 0 bridgehead atoms. The first-order valence-electron chi connectivity index (χ1n) is 9.03. The topological polar surface area (TPSA) is 95.9 Å². The predicted molar refractivity (Wildman–Crippen MR) is 102 cm³/mol. The molecule has 0 aliphatic carbocycles. The van der Waals surface area contributed by atoms with Crippen LogP contribution in [0.5, 0.6) is 5.75 Å². The van der Waals surface area contributed by atoms with Crippen molar-refractivity contribution in [3.8, 4) is 5.75 Å². The molecule has 2 aromatic carbocycles. The minimum Gasteiger partial charge on any atom is -0.497 e. The van der Waals surface area contributed by atoms with Gasteiger partial charge in [-0.3, -0.25) is 4.79 Å². The summed E-state index contributed by atoms with van der Waals surface area (Å²) in [5, 5.41) is 12.5.